The Hall–Kier alpha value is -3.14. The fourth-order valence-electron chi connectivity index (χ4n) is 7.70. The molecule has 2 aromatic carbocycles. The van der Waals surface area contributed by atoms with Gasteiger partial charge in [0.2, 0.25) is 5.91 Å². The maximum atomic E-state index is 14.1. The number of ether oxygens (including phenoxy) is 2. The summed E-state index contributed by atoms with van der Waals surface area (Å²) in [5.41, 5.74) is 2.21. The van der Waals surface area contributed by atoms with E-state index in [4.69, 9.17) is 9.47 Å². The van der Waals surface area contributed by atoms with Gasteiger partial charge < -0.3 is 30.3 Å². The van der Waals surface area contributed by atoms with Crippen LogP contribution in [0.4, 0.5) is 4.79 Å². The second kappa shape index (κ2) is 18.4. The summed E-state index contributed by atoms with van der Waals surface area (Å²) in [7, 11) is 0. The highest BCUT2D eigenvalue weighted by atomic mass is 16.6. The van der Waals surface area contributed by atoms with Gasteiger partial charge in [-0.1, -0.05) is 68.5 Å². The second-order valence-corrected chi connectivity index (χ2v) is 16.1. The smallest absolute Gasteiger partial charge is 0.407 e. The Morgan fingerprint density at radius 1 is 0.960 bits per heavy atom. The molecule has 4 N–H and O–H groups in total. The normalized spacial score (nSPS) is 20.0. The highest BCUT2D eigenvalue weighted by Gasteiger charge is 2.36. The van der Waals surface area contributed by atoms with E-state index in [-0.39, 0.29) is 12.3 Å². The van der Waals surface area contributed by atoms with Crippen LogP contribution in [-0.4, -0.2) is 76.2 Å². The molecule has 1 saturated carbocycles. The number of hydrogen-bond donors (Lipinski definition) is 4. The number of fused-ring (bicyclic) bond motifs is 1. The van der Waals surface area contributed by atoms with E-state index in [1.807, 2.05) is 69.3 Å². The number of carbonyl (C=O) groups excluding carboxylic acids is 2. The maximum Gasteiger partial charge on any atom is 0.407 e. The molecule has 0 aliphatic heterocycles. The van der Waals surface area contributed by atoms with E-state index in [1.54, 1.807) is 0 Å². The zero-order chi connectivity index (χ0) is 36.4. The molecule has 1 fully saturated rings. The quantitative estimate of drug-likeness (QED) is 0.154. The van der Waals surface area contributed by atoms with Crippen molar-refractivity contribution < 1.29 is 29.3 Å². The van der Waals surface area contributed by atoms with Gasteiger partial charge in [-0.05, 0) is 102 Å². The van der Waals surface area contributed by atoms with E-state index in [0.29, 0.717) is 43.9 Å². The van der Waals surface area contributed by atoms with Crippen molar-refractivity contribution in [1.29, 1.82) is 0 Å². The molecule has 278 valence electrons. The largest absolute Gasteiger partial charge is 0.492 e. The van der Waals surface area contributed by atoms with Crippen molar-refractivity contribution in [3.63, 3.8) is 0 Å². The third-order valence-electron chi connectivity index (χ3n) is 10.2. The Kier molecular flexibility index (Phi) is 14.6. The molecule has 0 bridgehead atoms. The summed E-state index contributed by atoms with van der Waals surface area (Å²) >= 11 is 0. The highest BCUT2D eigenvalue weighted by Crippen LogP contribution is 2.33. The van der Waals surface area contributed by atoms with Gasteiger partial charge in [-0.2, -0.15) is 0 Å². The van der Waals surface area contributed by atoms with Crippen LogP contribution in [0.5, 0.6) is 5.75 Å². The lowest BCUT2D eigenvalue weighted by atomic mass is 9.82. The van der Waals surface area contributed by atoms with Crippen LogP contribution in [0.2, 0.25) is 0 Å². The van der Waals surface area contributed by atoms with Gasteiger partial charge in [0, 0.05) is 31.0 Å². The summed E-state index contributed by atoms with van der Waals surface area (Å²) in [6, 6.07) is 15.4. The second-order valence-electron chi connectivity index (χ2n) is 16.1. The molecular weight excluding hydrogens is 630 g/mol. The number of nitrogens with one attached hydrogen (secondary N) is 2. The van der Waals surface area contributed by atoms with Crippen LogP contribution in [0, 0.1) is 11.8 Å². The van der Waals surface area contributed by atoms with Gasteiger partial charge in [-0.25, -0.2) is 4.79 Å². The van der Waals surface area contributed by atoms with Crippen molar-refractivity contribution in [1.82, 2.24) is 15.5 Å². The van der Waals surface area contributed by atoms with Crippen molar-refractivity contribution in [3.8, 4) is 5.75 Å². The lowest BCUT2D eigenvalue weighted by molar-refractivity contribution is -0.127. The predicted molar refractivity (Wildman–Crippen MR) is 198 cm³/mol. The lowest BCUT2D eigenvalue weighted by Crippen LogP contribution is -2.48. The number of alkyl carbamates (subject to hydrolysis) is 1. The fourth-order valence-corrected chi connectivity index (χ4v) is 7.70. The van der Waals surface area contributed by atoms with Gasteiger partial charge in [0.25, 0.3) is 0 Å². The molecule has 2 aliphatic carbocycles. The predicted octanol–water partition coefficient (Wildman–Crippen LogP) is 6.73. The number of amides is 2. The van der Waals surface area contributed by atoms with Crippen molar-refractivity contribution in [3.05, 3.63) is 65.2 Å². The van der Waals surface area contributed by atoms with E-state index in [9.17, 15) is 19.8 Å². The molecule has 0 saturated heterocycles. The van der Waals surface area contributed by atoms with Gasteiger partial charge in [-0.15, -0.1) is 0 Å². The first-order chi connectivity index (χ1) is 23.7. The molecule has 5 unspecified atom stereocenters. The van der Waals surface area contributed by atoms with Gasteiger partial charge in [0.15, 0.2) is 0 Å². The Morgan fingerprint density at radius 2 is 1.62 bits per heavy atom. The minimum absolute atomic E-state index is 0.141. The first-order valence-corrected chi connectivity index (χ1v) is 18.9. The molecule has 9 nitrogen and oxygen atoms in total. The number of hydrogen-bond acceptors (Lipinski definition) is 7. The summed E-state index contributed by atoms with van der Waals surface area (Å²) in [5, 5.41) is 28.8. The Labute approximate surface area is 300 Å². The molecule has 2 aromatic rings. The standard InChI is InChI=1S/C41H63N3O6/c1-27(2)44(28(3)4)21-22-49-33-19-17-30(18-20-33)23-32(39(47)43-38-34-16-12-11-15-31(34)25-37(38)46)26-36(45)35(24-29-13-9-8-10-14-29)42-40(48)50-41(5,6)7/h11-12,15-20,27-29,32,35-38,45-46H,8-10,13-14,21-26H2,1-7H3,(H,42,48)(H,43,47). The van der Waals surface area contributed by atoms with Crippen molar-refractivity contribution in [2.75, 3.05) is 13.2 Å². The van der Waals surface area contributed by atoms with Crippen LogP contribution in [0.3, 0.4) is 0 Å². The monoisotopic (exact) mass is 693 g/mol. The summed E-state index contributed by atoms with van der Waals surface area (Å²) in [4.78, 5) is 29.5. The first kappa shape index (κ1) is 39.6. The molecule has 2 amide bonds. The van der Waals surface area contributed by atoms with Gasteiger partial charge in [0.1, 0.15) is 18.0 Å². The van der Waals surface area contributed by atoms with Crippen LogP contribution >= 0.6 is 0 Å². The minimum Gasteiger partial charge on any atom is -0.492 e. The molecule has 50 heavy (non-hydrogen) atoms. The molecule has 9 heteroatoms. The molecule has 0 radical (unpaired) electrons. The van der Waals surface area contributed by atoms with E-state index < -0.39 is 41.9 Å². The maximum absolute atomic E-state index is 14.1. The number of benzene rings is 2. The van der Waals surface area contributed by atoms with Crippen molar-refractivity contribution >= 4 is 12.0 Å². The zero-order valence-electron chi connectivity index (χ0n) is 31.5. The average Bonchev–Trinajstić information content (AvgIpc) is 3.36. The molecule has 0 heterocycles. The van der Waals surface area contributed by atoms with E-state index >= 15 is 0 Å². The number of aliphatic hydroxyl groups excluding tert-OH is 2. The number of nitrogens with zero attached hydrogens (tertiary/aromatic N) is 1. The molecule has 0 spiro atoms. The molecule has 0 aromatic heterocycles. The summed E-state index contributed by atoms with van der Waals surface area (Å²) in [5.74, 6) is 0.302. The molecule has 2 aliphatic rings. The topological polar surface area (TPSA) is 120 Å². The number of aliphatic hydroxyl groups is 2. The minimum atomic E-state index is -0.978. The summed E-state index contributed by atoms with van der Waals surface area (Å²) in [6.07, 6.45) is 4.96. The van der Waals surface area contributed by atoms with Crippen LogP contribution in [0.25, 0.3) is 0 Å². The number of rotatable bonds is 16. The summed E-state index contributed by atoms with van der Waals surface area (Å²) in [6.45, 7) is 15.6. The van der Waals surface area contributed by atoms with Crippen molar-refractivity contribution in [2.45, 2.75) is 148 Å². The van der Waals surface area contributed by atoms with Crippen LogP contribution in [-0.2, 0) is 22.4 Å². The van der Waals surface area contributed by atoms with Crippen LogP contribution in [0.15, 0.2) is 48.5 Å². The van der Waals surface area contributed by atoms with E-state index in [0.717, 1.165) is 54.7 Å². The van der Waals surface area contributed by atoms with Gasteiger partial charge >= 0.3 is 6.09 Å². The SMILES string of the molecule is CC(C)N(CCOc1ccc(CC(CC(O)C(CC2CCCCC2)NC(=O)OC(C)(C)C)C(=O)NC2c3ccccc3CC2O)cc1)C(C)C. The molecule has 4 rings (SSSR count). The van der Waals surface area contributed by atoms with E-state index in [2.05, 4.69) is 43.2 Å². The van der Waals surface area contributed by atoms with Gasteiger partial charge in [0.05, 0.1) is 24.3 Å². The fraction of sp³-hybridized carbons (Fsp3) is 0.659. The highest BCUT2D eigenvalue weighted by molar-refractivity contribution is 5.80. The zero-order valence-corrected chi connectivity index (χ0v) is 31.5. The van der Waals surface area contributed by atoms with Crippen LogP contribution < -0.4 is 15.4 Å². The number of carbonyl (C=O) groups is 2. The van der Waals surface area contributed by atoms with E-state index in [1.165, 1.54) is 6.42 Å². The first-order valence-electron chi connectivity index (χ1n) is 18.9. The Bertz CT molecular complexity index is 1340. The average molecular weight is 694 g/mol. The van der Waals surface area contributed by atoms with Crippen molar-refractivity contribution in [2.24, 2.45) is 11.8 Å². The lowest BCUT2D eigenvalue weighted by Gasteiger charge is -2.32. The third-order valence-corrected chi connectivity index (χ3v) is 10.2. The Morgan fingerprint density at radius 3 is 2.26 bits per heavy atom. The molecule has 5 atom stereocenters. The summed E-state index contributed by atoms with van der Waals surface area (Å²) < 4.78 is 11.7. The third kappa shape index (κ3) is 12.0. The molecular formula is C41H63N3O6. The Balaban J connectivity index is 1.51. The van der Waals surface area contributed by atoms with Gasteiger partial charge in [-0.3, -0.25) is 9.69 Å². The van der Waals surface area contributed by atoms with Crippen LogP contribution in [0.1, 0.15) is 116 Å².